The van der Waals surface area contributed by atoms with Crippen molar-refractivity contribution in [3.8, 4) is 0 Å². The van der Waals surface area contributed by atoms with E-state index < -0.39 is 128 Å². The molecule has 0 aliphatic heterocycles. The van der Waals surface area contributed by atoms with Crippen molar-refractivity contribution in [3.05, 3.63) is 150 Å². The molecule has 0 saturated heterocycles. The minimum Gasteiger partial charge on any atom is -0.389 e. The third-order valence-electron chi connectivity index (χ3n) is 16.6. The van der Waals surface area contributed by atoms with E-state index in [0.717, 1.165) is 4.57 Å². The fourth-order valence-corrected chi connectivity index (χ4v) is 12.3. The number of benzene rings is 5. The number of nitrogen functional groups attached to an aromatic ring is 5. The van der Waals surface area contributed by atoms with Crippen molar-refractivity contribution in [1.82, 2.24) is 72.7 Å². The van der Waals surface area contributed by atoms with Crippen molar-refractivity contribution in [2.24, 2.45) is 0 Å². The third-order valence-corrected chi connectivity index (χ3v) is 16.6. The summed E-state index contributed by atoms with van der Waals surface area (Å²) in [6.07, 6.45) is -1.17. The maximum Gasteiger partial charge on any atom is 0.152 e. The number of fused-ring (bicyclic) bond motifs is 15. The highest BCUT2D eigenvalue weighted by atomic mass is 16.5. The first kappa shape index (κ1) is 56.5. The number of nitrogens with two attached hydrogens (primary N) is 5. The van der Waals surface area contributed by atoms with Gasteiger partial charge < -0.3 is 101 Å². The van der Waals surface area contributed by atoms with Gasteiger partial charge in [0.1, 0.15) is 89.7 Å². The molecule has 0 fully saturated rings. The van der Waals surface area contributed by atoms with Crippen LogP contribution in [0.4, 0.5) is 29.1 Å². The van der Waals surface area contributed by atoms with Crippen molar-refractivity contribution in [2.75, 3.05) is 55.0 Å². The predicted octanol–water partition coefficient (Wildman–Crippen LogP) is 14.0. The lowest BCUT2D eigenvalue weighted by molar-refractivity contribution is 0.0459. The van der Waals surface area contributed by atoms with Crippen LogP contribution in [0.15, 0.2) is 121 Å². The number of imidazole rings is 5. The normalized spacial score (nSPS) is 16.5. The predicted molar refractivity (Wildman–Crippen MR) is 473 cm³/mol. The summed E-state index contributed by atoms with van der Waals surface area (Å²) >= 11 is 0. The molecule has 15 rings (SSSR count). The van der Waals surface area contributed by atoms with Crippen LogP contribution in [0.5, 0.6) is 0 Å². The molecule has 15 N–H and O–H groups in total. The van der Waals surface area contributed by atoms with Crippen LogP contribution < -0.4 is 28.7 Å². The van der Waals surface area contributed by atoms with Crippen LogP contribution in [0.3, 0.4) is 0 Å². The van der Waals surface area contributed by atoms with Gasteiger partial charge in [-0.05, 0) is 141 Å². The summed E-state index contributed by atoms with van der Waals surface area (Å²) in [5.74, 6) is 0.670. The van der Waals surface area contributed by atoms with Gasteiger partial charge in [0, 0.05) is 61.5 Å². The number of anilines is 5. The van der Waals surface area contributed by atoms with E-state index in [0.29, 0.717) is 34.8 Å². The molecule has 0 aliphatic rings. The van der Waals surface area contributed by atoms with Gasteiger partial charge in [-0.1, -0.05) is 105 Å². The zero-order valence-corrected chi connectivity index (χ0v) is 66.4. The first-order chi connectivity index (χ1) is 67.3. The Bertz CT molecular complexity index is 7520. The smallest absolute Gasteiger partial charge is 0.152 e. The number of aromatic nitrogens is 15. The van der Waals surface area contributed by atoms with E-state index in [9.17, 15) is 25.5 Å². The zero-order chi connectivity index (χ0) is 111. The van der Waals surface area contributed by atoms with Crippen LogP contribution in [-0.2, 0) is 89.4 Å². The lowest BCUT2D eigenvalue weighted by Gasteiger charge is -2.21. The number of hydrogen-bond acceptors (Lipinski definition) is 25. The molecular weight excluding hydrogens is 1500 g/mol. The number of rotatable bonds is 25. The highest BCUT2D eigenvalue weighted by molar-refractivity contribution is 6.10. The number of para-hydroxylation sites is 5. The van der Waals surface area contributed by atoms with Gasteiger partial charge in [-0.3, -0.25) is 0 Å². The summed E-state index contributed by atoms with van der Waals surface area (Å²) < 4.78 is 282. The Balaban J connectivity index is 0.000000206. The molecule has 0 saturated carbocycles. The topological polar surface area (TPSA) is 431 Å². The van der Waals surface area contributed by atoms with Crippen LogP contribution >= 0.6 is 0 Å². The lowest BCUT2D eigenvalue weighted by Crippen LogP contribution is -2.27. The minimum absolute atomic E-state index is 0. The van der Waals surface area contributed by atoms with Gasteiger partial charge in [-0.15, -0.1) is 0 Å². The molecule has 118 heavy (non-hydrogen) atoms. The van der Waals surface area contributed by atoms with E-state index in [1.54, 1.807) is 82.9 Å². The average Bonchev–Trinajstić information content (AvgIpc) is 1.62. The summed E-state index contributed by atoms with van der Waals surface area (Å²) in [5.41, 5.74) is 24.1. The zero-order valence-electron chi connectivity index (χ0n) is 97.4. The number of nitrogens with zero attached hydrogens (tertiary/aromatic N) is 15. The standard InChI is InChI=1S/C18H24N4O2.4C17H22N4O2.2CH4/c1-11(2)24-9-14-21-15-16(22(14)10-18(3,4)23)12-7-5-6-8-13(12)20-17(15)19;4*1-4-23-9-13-20-14-15(21(13)10-17(2,3)22)11-7-5-6-8-12(11)19-16(14)18;;/h5-8,11,23H,9-10H2,1-4H3,(H2,19,20);4*5-8,22H,4,9-10H2,1-3H3,(H2,18,19);2*1H4/i5D,6D,7D,8D,11D;2D3,3D3,5D,6D,7D,8D;5D,6D,7D,8D,9D2;4D2,5D,6D,7D,8D;5D,6D,7D,8D;;. The van der Waals surface area contributed by atoms with E-state index >= 15 is 0 Å². The highest BCUT2D eigenvalue weighted by Crippen LogP contribution is 2.37. The number of ether oxygens (including phenoxy) is 5. The molecule has 0 bridgehead atoms. The minimum atomic E-state index is -3.34. The Morgan fingerprint density at radius 2 is 0.585 bits per heavy atom. The third kappa shape index (κ3) is 21.5. The second kappa shape index (κ2) is 37.8. The Hall–Kier alpha value is -10.9. The molecule has 0 atom stereocenters. The SMILES string of the molecule is C.C.[2H]c1c([2H])c([2H])c2c(nc(N)c3nc(C([2H])([2H])OCC)n(CC(C)(C)O)c32)c1[2H].[2H]c1c([2H])c([2H])c2c(nc(N)c3nc(COC([2H])(C)C)n(CC(C)(C)O)c32)c1[2H].[2H]c1c([2H])c([2H])c2c(nc(N)c3nc(COC([2H])([2H])C)n(CC(C)(C)O)c32)c1[2H].[2H]c1c([2H])c([2H])c2c(nc(N)c3nc(COCC)n(CC(C)(C)O)c32)c1[2H].[2H]c1c([2H])c([2H])c2c(nc(N)c3nc(COCC)n(CC(O)(C([2H])([2H])[2H])C([2H])([2H])[2H])c32)c1[2H]. The Labute approximate surface area is 731 Å². The van der Waals surface area contributed by atoms with Gasteiger partial charge in [0.05, 0.1) is 156 Å². The monoisotopic (exact) mass is 1650 g/mol. The fourth-order valence-electron chi connectivity index (χ4n) is 12.3. The maximum atomic E-state index is 10.9. The van der Waals surface area contributed by atoms with E-state index in [2.05, 4.69) is 49.8 Å². The molecule has 0 radical (unpaired) electrons. The molecule has 15 aromatic rings. The summed E-state index contributed by atoms with van der Waals surface area (Å²) in [6, 6.07) is -7.78. The van der Waals surface area contributed by atoms with Crippen LogP contribution in [0, 0.1) is 0 Å². The summed E-state index contributed by atoms with van der Waals surface area (Å²) in [6.45, 7) is 10.9. The van der Waals surface area contributed by atoms with Crippen molar-refractivity contribution >= 4 is 139 Å². The molecule has 0 amide bonds. The van der Waals surface area contributed by atoms with Crippen LogP contribution in [-0.4, -0.2) is 159 Å². The van der Waals surface area contributed by atoms with E-state index in [1.807, 2.05) is 6.92 Å². The molecule has 0 unspecified atom stereocenters. The van der Waals surface area contributed by atoms with E-state index in [4.69, 9.17) is 94.8 Å². The number of hydrogen-bond donors (Lipinski definition) is 10. The van der Waals surface area contributed by atoms with Crippen LogP contribution in [0.1, 0.15) is 197 Å². The molecular formula is C88H120N20O10. The first-order valence-electron chi connectivity index (χ1n) is 51.8. The number of aliphatic hydroxyl groups is 5. The van der Waals surface area contributed by atoms with Gasteiger partial charge in [-0.25, -0.2) is 49.8 Å². The average molecular weight is 1650 g/mol. The van der Waals surface area contributed by atoms with Crippen molar-refractivity contribution in [3.63, 3.8) is 0 Å². The van der Waals surface area contributed by atoms with Crippen molar-refractivity contribution in [1.29, 1.82) is 0 Å². The largest absolute Gasteiger partial charge is 0.389 e. The Morgan fingerprint density at radius 1 is 0.356 bits per heavy atom. The number of pyridine rings is 5. The maximum absolute atomic E-state index is 10.9. The molecule has 5 aromatic carbocycles. The van der Waals surface area contributed by atoms with Crippen molar-refractivity contribution in [2.45, 2.75) is 225 Å². The highest BCUT2D eigenvalue weighted by Gasteiger charge is 2.29. The first-order valence-corrected chi connectivity index (χ1v) is 36.3. The summed E-state index contributed by atoms with van der Waals surface area (Å²) in [4.78, 5) is 42.6. The molecule has 0 spiro atoms. The van der Waals surface area contributed by atoms with E-state index in [1.165, 1.54) is 25.3 Å². The molecule has 30 nitrogen and oxygen atoms in total. The fraction of sp³-hybridized carbons (Fsp3) is 0.432. The second-order valence-electron chi connectivity index (χ2n) is 29.2. The molecule has 0 aliphatic carbocycles. The van der Waals surface area contributed by atoms with Crippen LogP contribution in [0.25, 0.3) is 110 Å². The summed E-state index contributed by atoms with van der Waals surface area (Å²) in [5, 5.41) is 53.0. The second-order valence-corrected chi connectivity index (χ2v) is 29.2. The van der Waals surface area contributed by atoms with Gasteiger partial charge in [0.15, 0.2) is 29.1 Å². The quantitative estimate of drug-likeness (QED) is 0.0254. The molecule has 632 valence electrons. The van der Waals surface area contributed by atoms with Gasteiger partial charge >= 0.3 is 0 Å². The van der Waals surface area contributed by atoms with E-state index in [-0.39, 0.29) is 281 Å². The van der Waals surface area contributed by atoms with Gasteiger partial charge in [0.2, 0.25) is 0 Å². The molecule has 10 heterocycles. The van der Waals surface area contributed by atoms with Crippen LogP contribution in [0.2, 0.25) is 0 Å². The van der Waals surface area contributed by atoms with Crippen molar-refractivity contribution < 1.29 is 91.7 Å². The summed E-state index contributed by atoms with van der Waals surface area (Å²) in [7, 11) is 0. The molecule has 30 heteroatoms. The van der Waals surface area contributed by atoms with Gasteiger partial charge in [0.25, 0.3) is 0 Å². The molecule has 10 aromatic heterocycles. The van der Waals surface area contributed by atoms with Gasteiger partial charge in [-0.2, -0.15) is 0 Å². The lowest BCUT2D eigenvalue weighted by atomic mass is 10.1. The Morgan fingerprint density at radius 3 is 0.822 bits per heavy atom. The Kier molecular flexibility index (Phi) is 18.1.